The van der Waals surface area contributed by atoms with Crippen LogP contribution in [-0.4, -0.2) is 11.4 Å². The molecule has 0 spiro atoms. The molecule has 0 radical (unpaired) electrons. The normalized spacial score (nSPS) is 10.6. The van der Waals surface area contributed by atoms with E-state index < -0.39 is 0 Å². The number of aryl methyl sites for hydroxylation is 2. The van der Waals surface area contributed by atoms with Crippen LogP contribution in [0.1, 0.15) is 30.5 Å². The molecule has 0 aliphatic heterocycles. The third-order valence-electron chi connectivity index (χ3n) is 3.58. The van der Waals surface area contributed by atoms with Crippen molar-refractivity contribution in [2.45, 2.75) is 43.6 Å². The molecule has 0 aliphatic rings. The predicted octanol–water partition coefficient (Wildman–Crippen LogP) is 5.50. The minimum absolute atomic E-state index is 0.0907. The first-order chi connectivity index (χ1) is 11.0. The summed E-state index contributed by atoms with van der Waals surface area (Å²) in [5, 5.41) is 0.0907. The summed E-state index contributed by atoms with van der Waals surface area (Å²) < 4.78 is 6.05. The van der Waals surface area contributed by atoms with Gasteiger partial charge in [-0.15, -0.1) is 11.8 Å². The molecule has 4 heteroatoms. The van der Waals surface area contributed by atoms with Crippen LogP contribution in [0.2, 0.25) is 0 Å². The average Bonchev–Trinajstić information content (AvgIpc) is 2.53. The molecule has 0 saturated heterocycles. The van der Waals surface area contributed by atoms with Crippen molar-refractivity contribution in [3.05, 3.63) is 53.1 Å². The van der Waals surface area contributed by atoms with Gasteiger partial charge in [0, 0.05) is 22.3 Å². The Kier molecular flexibility index (Phi) is 6.60. The third kappa shape index (κ3) is 4.79. The van der Waals surface area contributed by atoms with E-state index in [2.05, 4.69) is 32.0 Å². The van der Waals surface area contributed by atoms with Gasteiger partial charge in [-0.2, -0.15) is 0 Å². The van der Waals surface area contributed by atoms with Gasteiger partial charge in [-0.3, -0.25) is 4.79 Å². The second-order valence-corrected chi connectivity index (χ2v) is 7.34. The molecule has 2 nitrogen and oxygen atoms in total. The quantitative estimate of drug-likeness (QED) is 0.645. The smallest absolute Gasteiger partial charge is 0.190 e. The van der Waals surface area contributed by atoms with Crippen LogP contribution in [0.3, 0.4) is 0 Å². The molecule has 0 aliphatic carbocycles. The summed E-state index contributed by atoms with van der Waals surface area (Å²) in [7, 11) is 0. The number of thioether (sulfide) groups is 2. The Bertz CT molecular complexity index is 696. The van der Waals surface area contributed by atoms with Crippen molar-refractivity contribution in [3.63, 3.8) is 0 Å². The first-order valence-electron chi connectivity index (χ1n) is 7.61. The molecule has 2 aromatic rings. The maximum atomic E-state index is 11.5. The number of ether oxygens (including phenoxy) is 1. The lowest BCUT2D eigenvalue weighted by atomic mass is 10.1. The molecular weight excluding hydrogens is 324 g/mol. The van der Waals surface area contributed by atoms with E-state index in [1.54, 1.807) is 18.7 Å². The van der Waals surface area contributed by atoms with Crippen molar-refractivity contribution in [1.29, 1.82) is 0 Å². The van der Waals surface area contributed by atoms with Crippen LogP contribution in [0.5, 0.6) is 5.75 Å². The van der Waals surface area contributed by atoms with E-state index in [9.17, 15) is 4.79 Å². The molecule has 0 bridgehead atoms. The summed E-state index contributed by atoms with van der Waals surface area (Å²) in [5.41, 5.74) is 3.54. The summed E-state index contributed by atoms with van der Waals surface area (Å²) in [6.45, 7) is 6.28. The summed E-state index contributed by atoms with van der Waals surface area (Å²) >= 11 is 2.95. The Balaban J connectivity index is 2.24. The molecule has 0 fully saturated rings. The molecule has 2 rings (SSSR count). The van der Waals surface area contributed by atoms with Crippen molar-refractivity contribution >= 4 is 28.6 Å². The van der Waals surface area contributed by atoms with Crippen LogP contribution in [-0.2, 0) is 17.8 Å². The van der Waals surface area contributed by atoms with Crippen molar-refractivity contribution < 1.29 is 9.53 Å². The molecule has 0 aromatic heterocycles. The summed E-state index contributed by atoms with van der Waals surface area (Å²) in [6, 6.07) is 12.3. The molecule has 23 heavy (non-hydrogen) atoms. The fourth-order valence-electron chi connectivity index (χ4n) is 2.37. The topological polar surface area (TPSA) is 26.3 Å². The molecule has 0 N–H and O–H groups in total. The van der Waals surface area contributed by atoms with E-state index in [1.165, 1.54) is 17.3 Å². The van der Waals surface area contributed by atoms with Gasteiger partial charge >= 0.3 is 0 Å². The molecule has 0 heterocycles. The van der Waals surface area contributed by atoms with E-state index in [1.807, 2.05) is 24.5 Å². The van der Waals surface area contributed by atoms with E-state index in [-0.39, 0.29) is 5.12 Å². The minimum atomic E-state index is 0.0907. The Morgan fingerprint density at radius 3 is 2.52 bits per heavy atom. The fraction of sp³-hybridized carbons (Fsp3) is 0.316. The predicted molar refractivity (Wildman–Crippen MR) is 99.7 cm³/mol. The van der Waals surface area contributed by atoms with Crippen LogP contribution in [0, 0.1) is 6.92 Å². The lowest BCUT2D eigenvalue weighted by molar-refractivity contribution is -0.109. The second-order valence-electron chi connectivity index (χ2n) is 5.27. The van der Waals surface area contributed by atoms with Crippen molar-refractivity contribution in [2.75, 3.05) is 6.26 Å². The zero-order chi connectivity index (χ0) is 16.8. The molecule has 0 atom stereocenters. The summed E-state index contributed by atoms with van der Waals surface area (Å²) in [5.74, 6) is 0.900. The van der Waals surface area contributed by atoms with Gasteiger partial charge in [0.1, 0.15) is 12.4 Å². The average molecular weight is 347 g/mol. The van der Waals surface area contributed by atoms with Gasteiger partial charge in [0.15, 0.2) is 5.12 Å². The van der Waals surface area contributed by atoms with Gasteiger partial charge in [0.05, 0.1) is 0 Å². The number of hydrogen-bond acceptors (Lipinski definition) is 4. The van der Waals surface area contributed by atoms with E-state index in [0.29, 0.717) is 6.61 Å². The van der Waals surface area contributed by atoms with Crippen LogP contribution >= 0.6 is 23.5 Å². The molecular formula is C19H22O2S2. The number of rotatable bonds is 6. The van der Waals surface area contributed by atoms with Gasteiger partial charge in [0.25, 0.3) is 0 Å². The highest BCUT2D eigenvalue weighted by molar-refractivity contribution is 8.13. The fourth-order valence-corrected chi connectivity index (χ4v) is 3.82. The van der Waals surface area contributed by atoms with Gasteiger partial charge in [0.2, 0.25) is 0 Å². The van der Waals surface area contributed by atoms with Crippen LogP contribution in [0.25, 0.3) is 0 Å². The highest BCUT2D eigenvalue weighted by Crippen LogP contribution is 2.32. The van der Waals surface area contributed by atoms with Crippen molar-refractivity contribution in [2.24, 2.45) is 0 Å². The zero-order valence-corrected chi connectivity index (χ0v) is 15.6. The van der Waals surface area contributed by atoms with Gasteiger partial charge < -0.3 is 4.74 Å². The highest BCUT2D eigenvalue weighted by atomic mass is 32.2. The van der Waals surface area contributed by atoms with Crippen molar-refractivity contribution in [3.8, 4) is 5.75 Å². The van der Waals surface area contributed by atoms with Gasteiger partial charge in [-0.25, -0.2) is 0 Å². The van der Waals surface area contributed by atoms with Crippen LogP contribution in [0.4, 0.5) is 0 Å². The largest absolute Gasteiger partial charge is 0.489 e. The van der Waals surface area contributed by atoms with E-state index in [0.717, 1.165) is 33.1 Å². The summed E-state index contributed by atoms with van der Waals surface area (Å²) in [6.07, 6.45) is 3.07. The Labute approximate surface area is 147 Å². The van der Waals surface area contributed by atoms with Crippen LogP contribution < -0.4 is 4.74 Å². The molecule has 0 saturated carbocycles. The monoisotopic (exact) mass is 346 g/mol. The Morgan fingerprint density at radius 2 is 1.91 bits per heavy atom. The Hall–Kier alpha value is -1.39. The molecule has 2 aromatic carbocycles. The summed E-state index contributed by atoms with van der Waals surface area (Å²) in [4.78, 5) is 13.6. The Morgan fingerprint density at radius 1 is 1.17 bits per heavy atom. The number of hydrogen-bond donors (Lipinski definition) is 0. The molecule has 0 amide bonds. The third-order valence-corrected chi connectivity index (χ3v) is 5.30. The van der Waals surface area contributed by atoms with Gasteiger partial charge in [-0.1, -0.05) is 36.9 Å². The van der Waals surface area contributed by atoms with Crippen LogP contribution in [0.15, 0.2) is 46.2 Å². The first-order valence-corrected chi connectivity index (χ1v) is 9.66. The number of carbonyl (C=O) groups is 1. The maximum Gasteiger partial charge on any atom is 0.190 e. The SMILES string of the molecule is CCc1ccc(OCc2c(SC)cccc2SC(C)=O)c(C)c1. The van der Waals surface area contributed by atoms with Crippen molar-refractivity contribution in [1.82, 2.24) is 0 Å². The van der Waals surface area contributed by atoms with E-state index >= 15 is 0 Å². The highest BCUT2D eigenvalue weighted by Gasteiger charge is 2.12. The number of carbonyl (C=O) groups excluding carboxylic acids is 1. The molecule has 0 unspecified atom stereocenters. The maximum absolute atomic E-state index is 11.5. The lowest BCUT2D eigenvalue weighted by Gasteiger charge is -2.15. The standard InChI is InChI=1S/C19H22O2S2/c1-5-15-9-10-17(13(2)11-15)21-12-16-18(22-4)7-6-8-19(16)23-14(3)20/h6-11H,5,12H2,1-4H3. The van der Waals surface area contributed by atoms with Gasteiger partial charge in [-0.05, 0) is 48.9 Å². The zero-order valence-electron chi connectivity index (χ0n) is 14.0. The second kappa shape index (κ2) is 8.46. The van der Waals surface area contributed by atoms with E-state index in [4.69, 9.17) is 4.74 Å². The number of benzene rings is 2. The minimum Gasteiger partial charge on any atom is -0.489 e. The first kappa shape index (κ1) is 18.0. The lowest BCUT2D eigenvalue weighted by Crippen LogP contribution is -2.02. The molecule has 122 valence electrons.